The average Bonchev–Trinajstić information content (AvgIpc) is 1.88. The predicted octanol–water partition coefficient (Wildman–Crippen LogP) is -0.904. The van der Waals surface area contributed by atoms with Crippen molar-refractivity contribution in [2.45, 2.75) is 13.0 Å². The van der Waals surface area contributed by atoms with E-state index in [1.54, 1.807) is 14.0 Å². The summed E-state index contributed by atoms with van der Waals surface area (Å²) in [4.78, 5) is 10.4. The number of ether oxygens (including phenoxy) is 1. The standard InChI is InChI=1S/C6H14N2O2/c1-5(6(7)9)8-3-4-10-2/h5,8H,3-4H2,1-2H3,(H2,7,9). The van der Waals surface area contributed by atoms with Crippen molar-refractivity contribution >= 4 is 5.91 Å². The van der Waals surface area contributed by atoms with Gasteiger partial charge < -0.3 is 15.8 Å². The van der Waals surface area contributed by atoms with Gasteiger partial charge in [0.25, 0.3) is 0 Å². The van der Waals surface area contributed by atoms with Crippen LogP contribution in [0.3, 0.4) is 0 Å². The fourth-order valence-electron chi connectivity index (χ4n) is 0.478. The van der Waals surface area contributed by atoms with Crippen molar-refractivity contribution in [3.63, 3.8) is 0 Å². The summed E-state index contributed by atoms with van der Waals surface area (Å²) < 4.78 is 4.76. The van der Waals surface area contributed by atoms with Gasteiger partial charge in [-0.1, -0.05) is 0 Å². The molecule has 0 fully saturated rings. The normalized spacial score (nSPS) is 13.0. The lowest BCUT2D eigenvalue weighted by Gasteiger charge is -2.08. The van der Waals surface area contributed by atoms with Crippen LogP contribution < -0.4 is 11.1 Å². The van der Waals surface area contributed by atoms with Crippen LogP contribution in [0.15, 0.2) is 0 Å². The van der Waals surface area contributed by atoms with Crippen LogP contribution in [0.1, 0.15) is 6.92 Å². The average molecular weight is 146 g/mol. The van der Waals surface area contributed by atoms with E-state index >= 15 is 0 Å². The maximum Gasteiger partial charge on any atom is 0.234 e. The Kier molecular flexibility index (Phi) is 4.88. The van der Waals surface area contributed by atoms with Crippen LogP contribution >= 0.6 is 0 Å². The van der Waals surface area contributed by atoms with E-state index in [2.05, 4.69) is 5.32 Å². The van der Waals surface area contributed by atoms with Gasteiger partial charge in [0.15, 0.2) is 0 Å². The number of nitrogens with two attached hydrogens (primary N) is 1. The van der Waals surface area contributed by atoms with Gasteiger partial charge in [0.05, 0.1) is 12.6 Å². The smallest absolute Gasteiger partial charge is 0.234 e. The van der Waals surface area contributed by atoms with Gasteiger partial charge in [-0.05, 0) is 6.92 Å². The fourth-order valence-corrected chi connectivity index (χ4v) is 0.478. The molecule has 1 amide bonds. The van der Waals surface area contributed by atoms with Crippen LogP contribution in [0.5, 0.6) is 0 Å². The van der Waals surface area contributed by atoms with Gasteiger partial charge in [-0.2, -0.15) is 0 Å². The van der Waals surface area contributed by atoms with Crippen molar-refractivity contribution in [3.05, 3.63) is 0 Å². The first-order valence-electron chi connectivity index (χ1n) is 3.20. The van der Waals surface area contributed by atoms with Crippen LogP contribution in [0.4, 0.5) is 0 Å². The van der Waals surface area contributed by atoms with Crippen molar-refractivity contribution in [2.75, 3.05) is 20.3 Å². The summed E-state index contributed by atoms with van der Waals surface area (Å²) in [5.41, 5.74) is 4.98. The summed E-state index contributed by atoms with van der Waals surface area (Å²) in [7, 11) is 1.61. The molecule has 0 heterocycles. The summed E-state index contributed by atoms with van der Waals surface area (Å²) >= 11 is 0. The molecule has 0 aromatic carbocycles. The minimum absolute atomic E-state index is 0.268. The highest BCUT2D eigenvalue weighted by molar-refractivity contribution is 5.79. The summed E-state index contributed by atoms with van der Waals surface area (Å²) in [6.07, 6.45) is 0. The highest BCUT2D eigenvalue weighted by atomic mass is 16.5. The van der Waals surface area contributed by atoms with E-state index in [1.165, 1.54) is 0 Å². The van der Waals surface area contributed by atoms with Gasteiger partial charge >= 0.3 is 0 Å². The molecule has 4 heteroatoms. The van der Waals surface area contributed by atoms with Gasteiger partial charge in [0, 0.05) is 13.7 Å². The number of carbonyl (C=O) groups excluding carboxylic acids is 1. The Morgan fingerprint density at radius 2 is 2.40 bits per heavy atom. The molecule has 3 N–H and O–H groups in total. The van der Waals surface area contributed by atoms with Gasteiger partial charge in [0.1, 0.15) is 0 Å². The second kappa shape index (κ2) is 5.20. The molecule has 0 saturated carbocycles. The molecule has 0 aromatic rings. The van der Waals surface area contributed by atoms with Crippen LogP contribution in [-0.4, -0.2) is 32.2 Å². The minimum Gasteiger partial charge on any atom is -0.383 e. The van der Waals surface area contributed by atoms with Crippen molar-refractivity contribution < 1.29 is 9.53 Å². The largest absolute Gasteiger partial charge is 0.383 e. The Morgan fingerprint density at radius 1 is 1.80 bits per heavy atom. The number of hydrogen-bond donors (Lipinski definition) is 2. The van der Waals surface area contributed by atoms with Gasteiger partial charge in [0.2, 0.25) is 5.91 Å². The van der Waals surface area contributed by atoms with E-state index in [9.17, 15) is 4.79 Å². The van der Waals surface area contributed by atoms with Crippen molar-refractivity contribution in [1.29, 1.82) is 0 Å². The van der Waals surface area contributed by atoms with Gasteiger partial charge in [-0.3, -0.25) is 4.79 Å². The Bertz CT molecular complexity index is 106. The second-order valence-electron chi connectivity index (χ2n) is 2.07. The maximum absolute atomic E-state index is 10.4. The molecule has 0 aromatic heterocycles. The lowest BCUT2D eigenvalue weighted by molar-refractivity contribution is -0.119. The van der Waals surface area contributed by atoms with Crippen LogP contribution in [0.25, 0.3) is 0 Å². The molecular weight excluding hydrogens is 132 g/mol. The Balaban J connectivity index is 3.21. The van der Waals surface area contributed by atoms with E-state index in [0.717, 1.165) is 0 Å². The Hall–Kier alpha value is -0.610. The molecule has 0 aliphatic rings. The molecule has 1 atom stereocenters. The number of nitrogens with one attached hydrogen (secondary N) is 1. The molecule has 0 spiro atoms. The quantitative estimate of drug-likeness (QED) is 0.494. The Morgan fingerprint density at radius 3 is 2.80 bits per heavy atom. The summed E-state index contributed by atoms with van der Waals surface area (Å²) in [6.45, 7) is 2.97. The van der Waals surface area contributed by atoms with E-state index in [0.29, 0.717) is 13.2 Å². The first-order chi connectivity index (χ1) is 4.68. The highest BCUT2D eigenvalue weighted by Gasteiger charge is 2.05. The molecular formula is C6H14N2O2. The van der Waals surface area contributed by atoms with E-state index in [1.807, 2.05) is 0 Å². The predicted molar refractivity (Wildman–Crippen MR) is 38.5 cm³/mol. The number of primary amides is 1. The molecule has 0 radical (unpaired) electrons. The summed E-state index contributed by atoms with van der Waals surface area (Å²) in [5.74, 6) is -0.337. The molecule has 1 unspecified atom stereocenters. The van der Waals surface area contributed by atoms with E-state index in [-0.39, 0.29) is 11.9 Å². The SMILES string of the molecule is COCCNC(C)C(N)=O. The first-order valence-corrected chi connectivity index (χ1v) is 3.20. The number of hydrogen-bond acceptors (Lipinski definition) is 3. The fraction of sp³-hybridized carbons (Fsp3) is 0.833. The molecule has 0 saturated heterocycles. The topological polar surface area (TPSA) is 64.3 Å². The zero-order valence-corrected chi connectivity index (χ0v) is 6.39. The molecule has 4 nitrogen and oxygen atoms in total. The van der Waals surface area contributed by atoms with Crippen LogP contribution in [0.2, 0.25) is 0 Å². The van der Waals surface area contributed by atoms with Crippen LogP contribution in [-0.2, 0) is 9.53 Å². The molecule has 0 aliphatic carbocycles. The van der Waals surface area contributed by atoms with E-state index in [4.69, 9.17) is 10.5 Å². The zero-order valence-electron chi connectivity index (χ0n) is 6.39. The zero-order chi connectivity index (χ0) is 7.98. The number of rotatable bonds is 5. The van der Waals surface area contributed by atoms with Gasteiger partial charge in [-0.25, -0.2) is 0 Å². The van der Waals surface area contributed by atoms with E-state index < -0.39 is 0 Å². The molecule has 0 aliphatic heterocycles. The second-order valence-corrected chi connectivity index (χ2v) is 2.07. The number of methoxy groups -OCH3 is 1. The minimum atomic E-state index is -0.337. The Labute approximate surface area is 60.7 Å². The molecule has 0 rings (SSSR count). The molecule has 60 valence electrons. The van der Waals surface area contributed by atoms with Crippen molar-refractivity contribution in [1.82, 2.24) is 5.32 Å². The monoisotopic (exact) mass is 146 g/mol. The van der Waals surface area contributed by atoms with Gasteiger partial charge in [-0.15, -0.1) is 0 Å². The van der Waals surface area contributed by atoms with Crippen LogP contribution in [0, 0.1) is 0 Å². The third kappa shape index (κ3) is 4.29. The maximum atomic E-state index is 10.4. The molecule has 10 heavy (non-hydrogen) atoms. The number of carbonyl (C=O) groups is 1. The summed E-state index contributed by atoms with van der Waals surface area (Å²) in [5, 5.41) is 2.88. The van der Waals surface area contributed by atoms with Crippen molar-refractivity contribution in [2.24, 2.45) is 5.73 Å². The number of amides is 1. The third-order valence-corrected chi connectivity index (χ3v) is 1.18. The third-order valence-electron chi connectivity index (χ3n) is 1.18. The summed E-state index contributed by atoms with van der Waals surface area (Å²) in [6, 6.07) is -0.268. The first kappa shape index (κ1) is 9.39. The lowest BCUT2D eigenvalue weighted by Crippen LogP contribution is -2.40. The highest BCUT2D eigenvalue weighted by Crippen LogP contribution is 1.76. The van der Waals surface area contributed by atoms with Crippen molar-refractivity contribution in [3.8, 4) is 0 Å². The molecule has 0 bridgehead atoms. The lowest BCUT2D eigenvalue weighted by atomic mass is 10.3.